The Morgan fingerprint density at radius 2 is 1.78 bits per heavy atom. The van der Waals surface area contributed by atoms with E-state index in [1.54, 1.807) is 13.0 Å². The minimum atomic E-state index is -0.942. The van der Waals surface area contributed by atoms with Crippen LogP contribution in [0.3, 0.4) is 0 Å². The number of nitrogens with two attached hydrogens (primary N) is 1. The highest BCUT2D eigenvalue weighted by atomic mass is 16.7. The first-order valence-electron chi connectivity index (χ1n) is 9.01. The van der Waals surface area contributed by atoms with E-state index in [1.165, 1.54) is 48.5 Å². The molecule has 0 aliphatic carbocycles. The molecule has 1 aromatic heterocycles. The molecule has 2 aromatic carbocycles. The van der Waals surface area contributed by atoms with Gasteiger partial charge in [-0.15, -0.1) is 0 Å². The molecule has 0 atom stereocenters. The summed E-state index contributed by atoms with van der Waals surface area (Å²) in [5.74, 6) is -1.03. The molecular weight excluding hydrogens is 424 g/mol. The molecule has 1 heterocycles. The minimum Gasteiger partial charge on any atom is -0.479 e. The Labute approximate surface area is 180 Å². The predicted octanol–water partition coefficient (Wildman–Crippen LogP) is 3.46. The zero-order valence-corrected chi connectivity index (χ0v) is 16.6. The van der Waals surface area contributed by atoms with Gasteiger partial charge in [0.1, 0.15) is 12.4 Å². The van der Waals surface area contributed by atoms with Crippen LogP contribution in [0.25, 0.3) is 0 Å². The van der Waals surface area contributed by atoms with Crippen LogP contribution in [0.15, 0.2) is 64.2 Å². The fourth-order valence-electron chi connectivity index (χ4n) is 2.55. The summed E-state index contributed by atoms with van der Waals surface area (Å²) >= 11 is 0. The Kier molecular flexibility index (Phi) is 6.44. The summed E-state index contributed by atoms with van der Waals surface area (Å²) in [4.78, 5) is 37.5. The molecule has 0 aliphatic rings. The molecule has 0 bridgehead atoms. The van der Waals surface area contributed by atoms with Crippen LogP contribution < -0.4 is 10.5 Å². The van der Waals surface area contributed by atoms with Gasteiger partial charge in [0.15, 0.2) is 11.6 Å². The molecule has 164 valence electrons. The van der Waals surface area contributed by atoms with Crippen molar-refractivity contribution in [1.29, 1.82) is 0 Å². The summed E-state index contributed by atoms with van der Waals surface area (Å²) < 4.78 is 10.7. The zero-order valence-electron chi connectivity index (χ0n) is 16.6. The highest BCUT2D eigenvalue weighted by Gasteiger charge is 2.18. The maximum absolute atomic E-state index is 12.1. The van der Waals surface area contributed by atoms with Crippen molar-refractivity contribution in [3.63, 3.8) is 0 Å². The van der Waals surface area contributed by atoms with Gasteiger partial charge in [0.25, 0.3) is 5.69 Å². The highest BCUT2D eigenvalue weighted by molar-refractivity contribution is 5.98. The number of ether oxygens (including phenoxy) is 1. The Bertz CT molecular complexity index is 1200. The Morgan fingerprint density at radius 3 is 2.44 bits per heavy atom. The number of oxime groups is 1. The molecule has 0 saturated heterocycles. The molecular formula is C20H16N4O8. The summed E-state index contributed by atoms with van der Waals surface area (Å²) in [5.41, 5.74) is 6.42. The van der Waals surface area contributed by atoms with Crippen molar-refractivity contribution in [3.05, 3.63) is 97.5 Å². The molecule has 3 rings (SSSR count). The summed E-state index contributed by atoms with van der Waals surface area (Å²) in [7, 11) is 0. The van der Waals surface area contributed by atoms with Gasteiger partial charge in [0.2, 0.25) is 5.76 Å². The van der Waals surface area contributed by atoms with Crippen molar-refractivity contribution in [2.75, 3.05) is 0 Å². The van der Waals surface area contributed by atoms with Crippen LogP contribution >= 0.6 is 0 Å². The third-order valence-corrected chi connectivity index (χ3v) is 4.14. The molecule has 12 nitrogen and oxygen atoms in total. The summed E-state index contributed by atoms with van der Waals surface area (Å²) in [6.07, 6.45) is 0. The van der Waals surface area contributed by atoms with E-state index in [-0.39, 0.29) is 41.1 Å². The number of nitro benzene ring substituents is 2. The lowest BCUT2D eigenvalue weighted by Gasteiger charge is -2.05. The van der Waals surface area contributed by atoms with E-state index >= 15 is 0 Å². The van der Waals surface area contributed by atoms with E-state index < -0.39 is 15.8 Å². The fourth-order valence-corrected chi connectivity index (χ4v) is 2.55. The van der Waals surface area contributed by atoms with Crippen LogP contribution in [0.2, 0.25) is 0 Å². The lowest BCUT2D eigenvalue weighted by Crippen LogP contribution is -2.15. The van der Waals surface area contributed by atoms with Gasteiger partial charge < -0.3 is 19.7 Å². The Hall–Kier alpha value is -4.74. The number of aryl methyl sites for hydroxylation is 1. The van der Waals surface area contributed by atoms with Crippen LogP contribution in [0.5, 0.6) is 5.75 Å². The Balaban J connectivity index is 1.61. The highest BCUT2D eigenvalue weighted by Crippen LogP contribution is 2.28. The first-order valence-corrected chi connectivity index (χ1v) is 9.01. The molecule has 0 unspecified atom stereocenters. The van der Waals surface area contributed by atoms with E-state index in [1.807, 2.05) is 0 Å². The standard InChI is InChI=1S/C20H16N4O8/c1-12-2-8-17(16(10-12)24(28)29)30-11-15-7-9-18(31-15)20(25)32-22-19(21)13-3-5-14(6-4-13)23(26)27/h2-10H,11H2,1H3,(H2,21,22). The molecule has 3 aromatic rings. The average Bonchev–Trinajstić information content (AvgIpc) is 3.25. The number of amidine groups is 1. The fraction of sp³-hybridized carbons (Fsp3) is 0.100. The average molecular weight is 440 g/mol. The van der Waals surface area contributed by atoms with Gasteiger partial charge in [-0.1, -0.05) is 11.2 Å². The van der Waals surface area contributed by atoms with Crippen molar-refractivity contribution in [3.8, 4) is 5.75 Å². The minimum absolute atomic E-state index is 0.0570. The van der Waals surface area contributed by atoms with E-state index in [2.05, 4.69) is 5.16 Å². The molecule has 2 N–H and O–H groups in total. The molecule has 0 saturated carbocycles. The van der Waals surface area contributed by atoms with Crippen molar-refractivity contribution < 1.29 is 28.6 Å². The number of non-ortho nitro benzene ring substituents is 1. The van der Waals surface area contributed by atoms with Gasteiger partial charge in [-0.25, -0.2) is 4.79 Å². The smallest absolute Gasteiger partial charge is 0.400 e. The number of nitrogens with zero attached hydrogens (tertiary/aromatic N) is 3. The molecule has 0 fully saturated rings. The number of hydrogen-bond acceptors (Lipinski definition) is 9. The number of furan rings is 1. The van der Waals surface area contributed by atoms with Crippen LogP contribution in [-0.2, 0) is 11.4 Å². The lowest BCUT2D eigenvalue weighted by molar-refractivity contribution is -0.386. The third-order valence-electron chi connectivity index (χ3n) is 4.14. The maximum Gasteiger partial charge on any atom is 0.400 e. The van der Waals surface area contributed by atoms with Gasteiger partial charge in [0, 0.05) is 23.8 Å². The molecule has 32 heavy (non-hydrogen) atoms. The number of nitro groups is 2. The second kappa shape index (κ2) is 9.38. The molecule has 0 radical (unpaired) electrons. The number of rotatable bonds is 8. The summed E-state index contributed by atoms with van der Waals surface area (Å²) in [6, 6.07) is 12.5. The van der Waals surface area contributed by atoms with Crippen LogP contribution in [0.4, 0.5) is 11.4 Å². The number of hydrogen-bond donors (Lipinski definition) is 1. The topological polar surface area (TPSA) is 173 Å². The van der Waals surface area contributed by atoms with Crippen molar-refractivity contribution in [2.24, 2.45) is 10.9 Å². The molecule has 0 spiro atoms. The quantitative estimate of drug-likeness (QED) is 0.181. The first kappa shape index (κ1) is 22.0. The summed E-state index contributed by atoms with van der Waals surface area (Å²) in [5, 5.41) is 25.3. The number of benzene rings is 2. The van der Waals surface area contributed by atoms with E-state index in [4.69, 9.17) is 19.7 Å². The van der Waals surface area contributed by atoms with Gasteiger partial charge in [-0.3, -0.25) is 20.2 Å². The van der Waals surface area contributed by atoms with Crippen LogP contribution in [0, 0.1) is 27.2 Å². The van der Waals surface area contributed by atoms with Gasteiger partial charge >= 0.3 is 11.7 Å². The van der Waals surface area contributed by atoms with E-state index in [0.29, 0.717) is 11.1 Å². The molecule has 0 amide bonds. The van der Waals surface area contributed by atoms with Crippen molar-refractivity contribution in [1.82, 2.24) is 0 Å². The normalized spacial score (nSPS) is 11.1. The van der Waals surface area contributed by atoms with E-state index in [9.17, 15) is 25.0 Å². The van der Waals surface area contributed by atoms with Crippen molar-refractivity contribution in [2.45, 2.75) is 13.5 Å². The molecule has 0 aliphatic heterocycles. The molecule has 12 heteroatoms. The van der Waals surface area contributed by atoms with Crippen LogP contribution in [-0.4, -0.2) is 21.7 Å². The monoisotopic (exact) mass is 440 g/mol. The third kappa shape index (κ3) is 5.24. The largest absolute Gasteiger partial charge is 0.479 e. The van der Waals surface area contributed by atoms with Gasteiger partial charge in [-0.2, -0.15) is 0 Å². The number of carbonyl (C=O) groups excluding carboxylic acids is 1. The summed E-state index contributed by atoms with van der Waals surface area (Å²) in [6.45, 7) is 1.56. The predicted molar refractivity (Wildman–Crippen MR) is 110 cm³/mol. The van der Waals surface area contributed by atoms with E-state index in [0.717, 1.165) is 0 Å². The van der Waals surface area contributed by atoms with Gasteiger partial charge in [-0.05, 0) is 42.8 Å². The second-order valence-corrected chi connectivity index (χ2v) is 6.44. The maximum atomic E-state index is 12.1. The van der Waals surface area contributed by atoms with Crippen molar-refractivity contribution >= 4 is 23.2 Å². The first-order chi connectivity index (χ1) is 15.2. The number of carbonyl (C=O) groups is 1. The Morgan fingerprint density at radius 1 is 1.06 bits per heavy atom. The van der Waals surface area contributed by atoms with Crippen LogP contribution in [0.1, 0.15) is 27.4 Å². The zero-order chi connectivity index (χ0) is 23.3. The lowest BCUT2D eigenvalue weighted by atomic mass is 10.2. The SMILES string of the molecule is Cc1ccc(OCc2ccc(C(=O)O/N=C(\N)c3ccc([N+](=O)[O-])cc3)o2)c([N+](=O)[O-])c1. The van der Waals surface area contributed by atoms with Gasteiger partial charge in [0.05, 0.1) is 9.85 Å². The second-order valence-electron chi connectivity index (χ2n) is 6.44.